The van der Waals surface area contributed by atoms with Crippen molar-refractivity contribution in [3.63, 3.8) is 0 Å². The predicted octanol–water partition coefficient (Wildman–Crippen LogP) is 2.53. The Kier molecular flexibility index (Phi) is 4.11. The lowest BCUT2D eigenvalue weighted by atomic mass is 9.80. The quantitative estimate of drug-likeness (QED) is 0.716. The molecule has 1 unspecified atom stereocenters. The van der Waals surface area contributed by atoms with Crippen LogP contribution in [0.4, 0.5) is 10.2 Å². The van der Waals surface area contributed by atoms with Gasteiger partial charge < -0.3 is 14.7 Å². The molecule has 2 aliphatic rings. The maximum Gasteiger partial charge on any atom is 0.254 e. The second-order valence-corrected chi connectivity index (χ2v) is 8.29. The van der Waals surface area contributed by atoms with Gasteiger partial charge in [0.25, 0.3) is 5.78 Å². The highest BCUT2D eigenvalue weighted by Gasteiger charge is 2.50. The molecule has 2 aliphatic heterocycles. The van der Waals surface area contributed by atoms with Crippen molar-refractivity contribution in [3.05, 3.63) is 53.2 Å². The number of ether oxygens (including phenoxy) is 1. The molecule has 1 N–H and O–H groups in total. The minimum atomic E-state index is -1.07. The number of aryl methyl sites for hydroxylation is 1. The third kappa shape index (κ3) is 2.98. The highest BCUT2D eigenvalue weighted by Crippen LogP contribution is 2.46. The Balaban J connectivity index is 1.37. The van der Waals surface area contributed by atoms with Gasteiger partial charge in [-0.1, -0.05) is 12.1 Å². The first-order valence-electron chi connectivity index (χ1n) is 9.94. The molecule has 0 bridgehead atoms. The van der Waals surface area contributed by atoms with Gasteiger partial charge in [-0.3, -0.25) is 0 Å². The smallest absolute Gasteiger partial charge is 0.254 e. The third-order valence-corrected chi connectivity index (χ3v) is 6.46. The van der Waals surface area contributed by atoms with E-state index in [0.717, 1.165) is 43.0 Å². The number of rotatable bonds is 2. The van der Waals surface area contributed by atoms with Gasteiger partial charge >= 0.3 is 0 Å². The van der Waals surface area contributed by atoms with E-state index in [1.165, 1.54) is 18.5 Å². The summed E-state index contributed by atoms with van der Waals surface area (Å²) in [6.45, 7) is 5.86. The summed E-state index contributed by atoms with van der Waals surface area (Å²) >= 11 is 0. The second-order valence-electron chi connectivity index (χ2n) is 8.29. The van der Waals surface area contributed by atoms with Crippen LogP contribution in [0, 0.1) is 19.7 Å². The topological polar surface area (TPSA) is 75.8 Å². The number of nitrogens with zero attached hydrogens (tertiary/aromatic N) is 5. The van der Waals surface area contributed by atoms with Crippen molar-refractivity contribution >= 4 is 11.6 Å². The summed E-state index contributed by atoms with van der Waals surface area (Å²) in [5.74, 6) is 1.32. The van der Waals surface area contributed by atoms with Gasteiger partial charge in [-0.25, -0.2) is 9.37 Å². The van der Waals surface area contributed by atoms with Crippen molar-refractivity contribution < 1.29 is 14.2 Å². The molecular formula is C21H24FN5O2. The molecule has 7 nitrogen and oxygen atoms in total. The van der Waals surface area contributed by atoms with Crippen LogP contribution in [-0.4, -0.2) is 50.0 Å². The standard InChI is InChI=1S/C21H24FN5O2/c1-14-15(2)25-19-23-13-24-27(19)18(14)26-9-7-20(8-10-26)11-21(28,12-29-20)16-3-5-17(22)6-4-16/h3-6,13,28H,7-12H2,1-2H3. The minimum absolute atomic E-state index is 0.235. The number of anilines is 1. The van der Waals surface area contributed by atoms with Crippen LogP contribution in [0.15, 0.2) is 30.6 Å². The molecule has 1 atom stereocenters. The fourth-order valence-electron chi connectivity index (χ4n) is 4.69. The summed E-state index contributed by atoms with van der Waals surface area (Å²) < 4.78 is 21.2. The number of aromatic nitrogens is 4. The molecule has 0 saturated carbocycles. The Morgan fingerprint density at radius 1 is 1.14 bits per heavy atom. The number of piperidine rings is 1. The Labute approximate surface area is 168 Å². The Bertz CT molecular complexity index is 1060. The molecule has 0 radical (unpaired) electrons. The lowest BCUT2D eigenvalue weighted by Crippen LogP contribution is -2.45. The predicted molar refractivity (Wildman–Crippen MR) is 105 cm³/mol. The maximum absolute atomic E-state index is 13.3. The first-order chi connectivity index (χ1) is 13.9. The average Bonchev–Trinajstić information content (AvgIpc) is 3.30. The molecule has 2 fully saturated rings. The van der Waals surface area contributed by atoms with Gasteiger partial charge in [-0.05, 0) is 44.4 Å². The van der Waals surface area contributed by atoms with E-state index in [2.05, 4.69) is 26.9 Å². The first-order valence-corrected chi connectivity index (χ1v) is 9.94. The van der Waals surface area contributed by atoms with Crippen LogP contribution in [0.1, 0.15) is 36.1 Å². The molecule has 1 aromatic carbocycles. The summed E-state index contributed by atoms with van der Waals surface area (Å²) in [6, 6.07) is 6.08. The van der Waals surface area contributed by atoms with E-state index in [1.54, 1.807) is 16.6 Å². The third-order valence-electron chi connectivity index (χ3n) is 6.46. The number of fused-ring (bicyclic) bond motifs is 1. The maximum atomic E-state index is 13.3. The summed E-state index contributed by atoms with van der Waals surface area (Å²) in [4.78, 5) is 11.0. The van der Waals surface area contributed by atoms with Crippen molar-refractivity contribution in [1.82, 2.24) is 19.6 Å². The monoisotopic (exact) mass is 397 g/mol. The zero-order valence-corrected chi connectivity index (χ0v) is 16.6. The lowest BCUT2D eigenvalue weighted by Gasteiger charge is -2.40. The molecule has 5 rings (SSSR count). The minimum Gasteiger partial charge on any atom is -0.383 e. The van der Waals surface area contributed by atoms with Crippen molar-refractivity contribution in [2.75, 3.05) is 24.6 Å². The number of halogens is 1. The van der Waals surface area contributed by atoms with Gasteiger partial charge in [0, 0.05) is 30.8 Å². The number of aliphatic hydroxyl groups is 1. The van der Waals surface area contributed by atoms with Gasteiger partial charge in [-0.2, -0.15) is 14.6 Å². The van der Waals surface area contributed by atoms with Gasteiger partial charge in [0.15, 0.2) is 0 Å². The highest BCUT2D eigenvalue weighted by molar-refractivity contribution is 5.54. The van der Waals surface area contributed by atoms with Crippen LogP contribution in [0.3, 0.4) is 0 Å². The number of benzene rings is 1. The molecule has 0 aliphatic carbocycles. The number of hydrogen-bond acceptors (Lipinski definition) is 6. The Morgan fingerprint density at radius 3 is 2.59 bits per heavy atom. The fourth-order valence-corrected chi connectivity index (χ4v) is 4.69. The van der Waals surface area contributed by atoms with Crippen LogP contribution >= 0.6 is 0 Å². The summed E-state index contributed by atoms with van der Waals surface area (Å²) in [7, 11) is 0. The number of hydrogen-bond donors (Lipinski definition) is 1. The molecule has 8 heteroatoms. The van der Waals surface area contributed by atoms with Gasteiger partial charge in [0.2, 0.25) is 0 Å². The molecule has 1 spiro atoms. The largest absolute Gasteiger partial charge is 0.383 e. The zero-order chi connectivity index (χ0) is 20.2. The van der Waals surface area contributed by atoms with Crippen molar-refractivity contribution in [2.45, 2.75) is 44.3 Å². The lowest BCUT2D eigenvalue weighted by molar-refractivity contribution is -0.0242. The van der Waals surface area contributed by atoms with Gasteiger partial charge in [0.05, 0.1) is 12.2 Å². The highest BCUT2D eigenvalue weighted by atomic mass is 19.1. The molecular weight excluding hydrogens is 373 g/mol. The SMILES string of the molecule is Cc1nc2ncnn2c(N2CCC3(CC2)CC(O)(c2ccc(F)cc2)CO3)c1C. The van der Waals surface area contributed by atoms with E-state index >= 15 is 0 Å². The van der Waals surface area contributed by atoms with Crippen LogP contribution in [0.25, 0.3) is 5.78 Å². The molecule has 2 aromatic heterocycles. The molecule has 2 saturated heterocycles. The summed E-state index contributed by atoms with van der Waals surface area (Å²) in [6.07, 6.45) is 3.65. The molecule has 0 amide bonds. The van der Waals surface area contributed by atoms with Gasteiger partial charge in [-0.15, -0.1) is 0 Å². The van der Waals surface area contributed by atoms with Crippen molar-refractivity contribution in [3.8, 4) is 0 Å². The second kappa shape index (κ2) is 6.47. The van der Waals surface area contributed by atoms with Crippen LogP contribution in [0.5, 0.6) is 0 Å². The van der Waals surface area contributed by atoms with Gasteiger partial charge in [0.1, 0.15) is 23.6 Å². The van der Waals surface area contributed by atoms with Crippen LogP contribution in [-0.2, 0) is 10.3 Å². The van der Waals surface area contributed by atoms with Crippen molar-refractivity contribution in [1.29, 1.82) is 0 Å². The van der Waals surface area contributed by atoms with E-state index < -0.39 is 5.60 Å². The fraction of sp³-hybridized carbons (Fsp3) is 0.476. The van der Waals surface area contributed by atoms with E-state index in [-0.39, 0.29) is 18.0 Å². The molecule has 4 heterocycles. The summed E-state index contributed by atoms with van der Waals surface area (Å²) in [5, 5.41) is 15.5. The van der Waals surface area contributed by atoms with Crippen molar-refractivity contribution in [2.24, 2.45) is 0 Å². The van der Waals surface area contributed by atoms with E-state index in [9.17, 15) is 9.50 Å². The molecule has 152 valence electrons. The van der Waals surface area contributed by atoms with E-state index in [0.29, 0.717) is 17.8 Å². The van der Waals surface area contributed by atoms with E-state index in [4.69, 9.17) is 4.74 Å². The Morgan fingerprint density at radius 2 is 1.86 bits per heavy atom. The van der Waals surface area contributed by atoms with Crippen LogP contribution < -0.4 is 4.90 Å². The van der Waals surface area contributed by atoms with E-state index in [1.807, 2.05) is 6.92 Å². The first kappa shape index (κ1) is 18.4. The molecule has 29 heavy (non-hydrogen) atoms. The normalized spacial score (nSPS) is 23.9. The molecule has 3 aromatic rings. The summed E-state index contributed by atoms with van der Waals surface area (Å²) in [5.41, 5.74) is 1.32. The average molecular weight is 397 g/mol. The van der Waals surface area contributed by atoms with Crippen LogP contribution in [0.2, 0.25) is 0 Å². The Hall–Kier alpha value is -2.58. The zero-order valence-electron chi connectivity index (χ0n) is 16.6.